The van der Waals surface area contributed by atoms with E-state index < -0.39 is 12.1 Å². The van der Waals surface area contributed by atoms with E-state index in [1.165, 1.54) is 25.7 Å². The Morgan fingerprint density at radius 3 is 2.17 bits per heavy atom. The molecule has 0 rings (SSSR count). The minimum atomic E-state index is -1.18. The molecular weight excluding hydrogens is 306 g/mol. The molecule has 0 aromatic rings. The molecule has 5 nitrogen and oxygen atoms in total. The number of likely N-dealkylation sites (N-methyl/N-ethyl adjacent to an activating group) is 1. The van der Waals surface area contributed by atoms with Gasteiger partial charge in [-0.2, -0.15) is 0 Å². The summed E-state index contributed by atoms with van der Waals surface area (Å²) in [7, 11) is 5.82. The number of quaternary nitrogens is 1. The largest absolute Gasteiger partial charge is 0.550 e. The average Bonchev–Trinajstić information content (AvgIpc) is 2.43. The second-order valence-corrected chi connectivity index (χ2v) is 7.98. The molecule has 0 aromatic carbocycles. The maximum atomic E-state index is 11.9. The molecule has 0 saturated carbocycles. The van der Waals surface area contributed by atoms with Gasteiger partial charge in [-0.1, -0.05) is 52.4 Å². The van der Waals surface area contributed by atoms with Crippen molar-refractivity contribution in [3.05, 3.63) is 0 Å². The summed E-state index contributed by atoms with van der Waals surface area (Å²) in [4.78, 5) is 22.7. The summed E-state index contributed by atoms with van der Waals surface area (Å²) in [6.45, 7) is 4.98. The summed E-state index contributed by atoms with van der Waals surface area (Å²) in [6.07, 6.45) is 7.50. The monoisotopic (exact) mass is 343 g/mol. The third-order valence-electron chi connectivity index (χ3n) is 4.22. The normalized spacial score (nSPS) is 14.2. The second kappa shape index (κ2) is 12.3. The molecule has 0 N–H and O–H groups in total. The first-order valence-corrected chi connectivity index (χ1v) is 9.33. The van der Waals surface area contributed by atoms with E-state index in [4.69, 9.17) is 4.74 Å². The van der Waals surface area contributed by atoms with Gasteiger partial charge >= 0.3 is 5.97 Å². The number of carboxylic acids is 1. The highest BCUT2D eigenvalue weighted by molar-refractivity contribution is 5.70. The van der Waals surface area contributed by atoms with Crippen LogP contribution in [-0.2, 0) is 14.3 Å². The predicted octanol–water partition coefficient (Wildman–Crippen LogP) is 2.52. The highest BCUT2D eigenvalue weighted by Gasteiger charge is 2.22. The van der Waals surface area contributed by atoms with Gasteiger partial charge in [0.15, 0.2) is 6.10 Å². The van der Waals surface area contributed by atoms with Gasteiger partial charge in [0.2, 0.25) is 0 Å². The van der Waals surface area contributed by atoms with Crippen molar-refractivity contribution in [1.29, 1.82) is 0 Å². The number of hydrogen-bond acceptors (Lipinski definition) is 4. The van der Waals surface area contributed by atoms with Gasteiger partial charge in [0.1, 0.15) is 6.54 Å². The molecule has 0 radical (unpaired) electrons. The van der Waals surface area contributed by atoms with Crippen LogP contribution in [0, 0.1) is 5.92 Å². The van der Waals surface area contributed by atoms with Gasteiger partial charge in [-0.15, -0.1) is 0 Å². The van der Waals surface area contributed by atoms with E-state index in [2.05, 4.69) is 13.8 Å². The first-order valence-electron chi connectivity index (χ1n) is 9.33. The van der Waals surface area contributed by atoms with Gasteiger partial charge in [-0.3, -0.25) is 4.79 Å². The van der Waals surface area contributed by atoms with Gasteiger partial charge in [-0.05, 0) is 12.3 Å². The number of ether oxygens (including phenoxy) is 1. The minimum Gasteiger partial charge on any atom is -0.550 e. The smallest absolute Gasteiger partial charge is 0.306 e. The van der Waals surface area contributed by atoms with Crippen LogP contribution in [-0.4, -0.2) is 50.2 Å². The molecule has 0 bridgehead atoms. The lowest BCUT2D eigenvalue weighted by Crippen LogP contribution is -2.45. The Kier molecular flexibility index (Phi) is 11.7. The Morgan fingerprint density at radius 2 is 1.62 bits per heavy atom. The van der Waals surface area contributed by atoms with E-state index in [1.54, 1.807) is 0 Å². The van der Waals surface area contributed by atoms with Crippen LogP contribution in [0.5, 0.6) is 0 Å². The van der Waals surface area contributed by atoms with Crippen LogP contribution in [0.4, 0.5) is 0 Å². The number of carboxylic acid groups (broad SMARTS) is 1. The quantitative estimate of drug-likeness (QED) is 0.276. The number of hydrogen-bond donors (Lipinski definition) is 0. The third kappa shape index (κ3) is 14.5. The Morgan fingerprint density at radius 1 is 1.04 bits per heavy atom. The zero-order valence-electron chi connectivity index (χ0n) is 16.3. The summed E-state index contributed by atoms with van der Waals surface area (Å²) in [6, 6.07) is 0. The highest BCUT2D eigenvalue weighted by Crippen LogP contribution is 2.14. The lowest BCUT2D eigenvalue weighted by atomic mass is 10.00. The third-order valence-corrected chi connectivity index (χ3v) is 4.22. The number of carbonyl (C=O) groups excluding carboxylic acids is 2. The molecule has 0 saturated heterocycles. The van der Waals surface area contributed by atoms with Crippen molar-refractivity contribution < 1.29 is 23.9 Å². The van der Waals surface area contributed by atoms with Gasteiger partial charge < -0.3 is 19.1 Å². The SMILES string of the molecule is CCC(C)CCCCCCCC(=O)OC(CC(=O)[O-])C[N+](C)(C)C. The van der Waals surface area contributed by atoms with Crippen LogP contribution in [0.2, 0.25) is 0 Å². The molecule has 0 aliphatic heterocycles. The van der Waals surface area contributed by atoms with E-state index >= 15 is 0 Å². The van der Waals surface area contributed by atoms with Crippen LogP contribution in [0.15, 0.2) is 0 Å². The van der Waals surface area contributed by atoms with Crippen LogP contribution in [0.25, 0.3) is 0 Å². The van der Waals surface area contributed by atoms with Crippen molar-refractivity contribution in [3.63, 3.8) is 0 Å². The number of unbranched alkanes of at least 4 members (excludes halogenated alkanes) is 4. The Balaban J connectivity index is 3.90. The number of carbonyl (C=O) groups is 2. The topological polar surface area (TPSA) is 66.4 Å². The number of esters is 1. The summed E-state index contributed by atoms with van der Waals surface area (Å²) in [5.41, 5.74) is 0. The fourth-order valence-corrected chi connectivity index (χ4v) is 2.68. The summed E-state index contributed by atoms with van der Waals surface area (Å²) in [5.74, 6) is -0.668. The van der Waals surface area contributed by atoms with Crippen molar-refractivity contribution in [1.82, 2.24) is 0 Å². The standard InChI is InChI=1S/C19H37NO4/c1-6-16(2)12-10-8-7-9-11-13-19(23)24-17(14-18(21)22)15-20(3,4)5/h16-17H,6-15H2,1-5H3. The predicted molar refractivity (Wildman–Crippen MR) is 94.2 cm³/mol. The van der Waals surface area contributed by atoms with Crippen molar-refractivity contribution >= 4 is 11.9 Å². The minimum absolute atomic E-state index is 0.239. The van der Waals surface area contributed by atoms with Crippen LogP contribution in [0.1, 0.15) is 71.6 Å². The van der Waals surface area contributed by atoms with Crippen LogP contribution >= 0.6 is 0 Å². The van der Waals surface area contributed by atoms with Crippen molar-refractivity contribution in [3.8, 4) is 0 Å². The molecule has 142 valence electrons. The molecule has 0 aliphatic rings. The highest BCUT2D eigenvalue weighted by atomic mass is 16.5. The molecule has 0 aromatic heterocycles. The molecule has 24 heavy (non-hydrogen) atoms. The fraction of sp³-hybridized carbons (Fsp3) is 0.895. The molecular formula is C19H37NO4. The molecule has 0 aliphatic carbocycles. The van der Waals surface area contributed by atoms with E-state index in [-0.39, 0.29) is 12.4 Å². The number of nitrogens with zero attached hydrogens (tertiary/aromatic N) is 1. The van der Waals surface area contributed by atoms with Gasteiger partial charge in [0.05, 0.1) is 21.1 Å². The van der Waals surface area contributed by atoms with Gasteiger partial charge in [0, 0.05) is 18.8 Å². The van der Waals surface area contributed by atoms with Crippen LogP contribution in [0.3, 0.4) is 0 Å². The van der Waals surface area contributed by atoms with E-state index in [1.807, 2.05) is 21.1 Å². The maximum Gasteiger partial charge on any atom is 0.306 e. The fourth-order valence-electron chi connectivity index (χ4n) is 2.68. The number of rotatable bonds is 14. The van der Waals surface area contributed by atoms with E-state index in [9.17, 15) is 14.7 Å². The molecule has 5 heteroatoms. The van der Waals surface area contributed by atoms with Gasteiger partial charge in [-0.25, -0.2) is 0 Å². The Hall–Kier alpha value is -1.10. The number of aliphatic carboxylic acids is 1. The zero-order valence-corrected chi connectivity index (χ0v) is 16.3. The van der Waals surface area contributed by atoms with Crippen molar-refractivity contribution in [2.75, 3.05) is 27.7 Å². The first kappa shape index (κ1) is 22.9. The van der Waals surface area contributed by atoms with Crippen molar-refractivity contribution in [2.24, 2.45) is 5.92 Å². The Labute approximate surface area is 148 Å². The average molecular weight is 344 g/mol. The molecule has 0 fully saturated rings. The van der Waals surface area contributed by atoms with Gasteiger partial charge in [0.25, 0.3) is 0 Å². The summed E-state index contributed by atoms with van der Waals surface area (Å²) >= 11 is 0. The molecule has 0 spiro atoms. The lowest BCUT2D eigenvalue weighted by molar-refractivity contribution is -0.873. The lowest BCUT2D eigenvalue weighted by Gasteiger charge is -2.29. The zero-order chi connectivity index (χ0) is 18.6. The molecule has 2 atom stereocenters. The summed E-state index contributed by atoms with van der Waals surface area (Å²) in [5, 5.41) is 10.8. The van der Waals surface area contributed by atoms with Crippen LogP contribution < -0.4 is 5.11 Å². The molecule has 0 heterocycles. The Bertz CT molecular complexity index is 363. The summed E-state index contributed by atoms with van der Waals surface area (Å²) < 4.78 is 5.88. The van der Waals surface area contributed by atoms with Crippen molar-refractivity contribution in [2.45, 2.75) is 77.7 Å². The van der Waals surface area contributed by atoms with E-state index in [0.29, 0.717) is 17.4 Å². The maximum absolute atomic E-state index is 11.9. The molecule has 2 unspecified atom stereocenters. The van der Waals surface area contributed by atoms with E-state index in [0.717, 1.165) is 25.2 Å². The first-order chi connectivity index (χ1) is 11.1. The molecule has 0 amide bonds. The second-order valence-electron chi connectivity index (χ2n) is 7.98.